The van der Waals surface area contributed by atoms with Crippen molar-refractivity contribution in [1.29, 1.82) is 0 Å². The van der Waals surface area contributed by atoms with Crippen LogP contribution in [0.1, 0.15) is 5.69 Å². The Morgan fingerprint density at radius 2 is 1.62 bits per heavy atom. The Hall–Kier alpha value is -4.66. The molecule has 0 unspecified atom stereocenters. The van der Waals surface area contributed by atoms with E-state index in [2.05, 4.69) is 30.4 Å². The summed E-state index contributed by atoms with van der Waals surface area (Å²) >= 11 is 0. The molecule has 0 radical (unpaired) electrons. The first-order valence-corrected chi connectivity index (χ1v) is 9.92. The lowest BCUT2D eigenvalue weighted by Crippen LogP contribution is -2.04. The van der Waals surface area contributed by atoms with Gasteiger partial charge in [-0.3, -0.25) is 9.97 Å². The van der Waals surface area contributed by atoms with Crippen molar-refractivity contribution >= 4 is 16.4 Å². The zero-order chi connectivity index (χ0) is 21.3. The number of fused-ring (bicyclic) bond motifs is 3. The highest BCUT2D eigenvalue weighted by Gasteiger charge is 2.19. The van der Waals surface area contributed by atoms with Crippen molar-refractivity contribution in [2.45, 2.75) is 6.61 Å². The monoisotopic (exact) mass is 421 g/mol. The van der Waals surface area contributed by atoms with Gasteiger partial charge in [0.05, 0.1) is 5.69 Å². The van der Waals surface area contributed by atoms with Gasteiger partial charge in [-0.25, -0.2) is 0 Å². The van der Waals surface area contributed by atoms with E-state index in [1.165, 1.54) is 0 Å². The van der Waals surface area contributed by atoms with Crippen molar-refractivity contribution in [1.82, 2.24) is 34.9 Å². The second kappa shape index (κ2) is 7.55. The predicted octanol–water partition coefficient (Wildman–Crippen LogP) is 3.97. The molecule has 9 nitrogen and oxygen atoms in total. The van der Waals surface area contributed by atoms with Crippen molar-refractivity contribution < 1.29 is 9.26 Å². The van der Waals surface area contributed by atoms with Crippen LogP contribution in [0.15, 0.2) is 83.6 Å². The highest BCUT2D eigenvalue weighted by Crippen LogP contribution is 2.30. The summed E-state index contributed by atoms with van der Waals surface area (Å²) in [6.45, 7) is 0.286. The van der Waals surface area contributed by atoms with Gasteiger partial charge in [0.15, 0.2) is 17.1 Å². The van der Waals surface area contributed by atoms with Crippen molar-refractivity contribution in [3.8, 4) is 28.9 Å². The molecule has 0 atom stereocenters. The quantitative estimate of drug-likeness (QED) is 0.412. The van der Waals surface area contributed by atoms with Gasteiger partial charge in [0.25, 0.3) is 0 Å². The summed E-state index contributed by atoms with van der Waals surface area (Å²) in [5.74, 6) is 1.43. The summed E-state index contributed by atoms with van der Waals surface area (Å²) in [6.07, 6.45) is 3.43. The van der Waals surface area contributed by atoms with E-state index in [0.717, 1.165) is 16.5 Å². The third-order valence-electron chi connectivity index (χ3n) is 4.97. The fraction of sp³-hybridized carbons (Fsp3) is 0.0435. The maximum atomic E-state index is 6.04. The van der Waals surface area contributed by atoms with E-state index in [-0.39, 0.29) is 6.61 Å². The van der Waals surface area contributed by atoms with Crippen molar-refractivity contribution in [3.63, 3.8) is 0 Å². The van der Waals surface area contributed by atoms with Crippen molar-refractivity contribution in [2.75, 3.05) is 0 Å². The highest BCUT2D eigenvalue weighted by atomic mass is 16.5. The van der Waals surface area contributed by atoms with Gasteiger partial charge in [-0.15, -0.1) is 15.3 Å². The van der Waals surface area contributed by atoms with Crippen LogP contribution in [0, 0.1) is 0 Å². The Kier molecular flexibility index (Phi) is 4.28. The van der Waals surface area contributed by atoms with Gasteiger partial charge in [-0.2, -0.15) is 4.52 Å². The number of aromatic nitrogens is 7. The molecule has 0 saturated heterocycles. The lowest BCUT2D eigenvalue weighted by molar-refractivity contribution is 0.289. The fourth-order valence-corrected chi connectivity index (χ4v) is 3.45. The molecule has 0 saturated carbocycles. The molecule has 0 amide bonds. The third kappa shape index (κ3) is 3.12. The molecule has 0 bridgehead atoms. The Labute approximate surface area is 181 Å². The average molecular weight is 421 g/mol. The van der Waals surface area contributed by atoms with Gasteiger partial charge in [-0.1, -0.05) is 35.5 Å². The van der Waals surface area contributed by atoms with E-state index in [9.17, 15) is 0 Å². The van der Waals surface area contributed by atoms with Crippen LogP contribution >= 0.6 is 0 Å². The minimum Gasteiger partial charge on any atom is -0.470 e. The highest BCUT2D eigenvalue weighted by molar-refractivity contribution is 5.97. The number of hydrogen-bond donors (Lipinski definition) is 0. The predicted molar refractivity (Wildman–Crippen MR) is 116 cm³/mol. The van der Waals surface area contributed by atoms with E-state index >= 15 is 0 Å². The van der Waals surface area contributed by atoms with Crippen molar-refractivity contribution in [3.05, 3.63) is 84.8 Å². The molecule has 6 rings (SSSR count). The lowest BCUT2D eigenvalue weighted by Gasteiger charge is -2.09. The van der Waals surface area contributed by atoms with E-state index < -0.39 is 0 Å². The maximum absolute atomic E-state index is 6.04. The number of nitrogens with zero attached hydrogens (tertiary/aromatic N) is 7. The van der Waals surface area contributed by atoms with Crippen LogP contribution in [0.5, 0.6) is 5.88 Å². The molecule has 0 aliphatic rings. The zero-order valence-electron chi connectivity index (χ0n) is 16.7. The number of ether oxygens (including phenoxy) is 1. The third-order valence-corrected chi connectivity index (χ3v) is 4.97. The average Bonchev–Trinajstić information content (AvgIpc) is 3.51. The minimum absolute atomic E-state index is 0.286. The lowest BCUT2D eigenvalue weighted by atomic mass is 10.2. The molecule has 0 aliphatic carbocycles. The summed E-state index contributed by atoms with van der Waals surface area (Å²) in [5, 5.41) is 19.2. The molecular formula is C23H15N7O2. The van der Waals surface area contributed by atoms with E-state index in [0.29, 0.717) is 34.5 Å². The largest absolute Gasteiger partial charge is 0.470 e. The molecule has 0 aliphatic heterocycles. The minimum atomic E-state index is 0.286. The molecule has 1 aromatic carbocycles. The normalized spacial score (nSPS) is 11.2. The molecule has 32 heavy (non-hydrogen) atoms. The number of rotatable bonds is 5. The summed E-state index contributed by atoms with van der Waals surface area (Å²) in [6, 6.07) is 20.8. The number of pyridine rings is 2. The molecule has 6 aromatic rings. The van der Waals surface area contributed by atoms with Gasteiger partial charge in [-0.05, 0) is 30.3 Å². The molecule has 0 spiro atoms. The van der Waals surface area contributed by atoms with Crippen LogP contribution in [0.25, 0.3) is 39.4 Å². The first-order chi connectivity index (χ1) is 15.9. The summed E-state index contributed by atoms with van der Waals surface area (Å²) < 4.78 is 13.2. The first-order valence-electron chi connectivity index (χ1n) is 9.92. The Morgan fingerprint density at radius 3 is 2.44 bits per heavy atom. The molecule has 154 valence electrons. The molecule has 5 aromatic heterocycles. The van der Waals surface area contributed by atoms with Gasteiger partial charge in [0, 0.05) is 29.2 Å². The molecular weight excluding hydrogens is 406 g/mol. The summed E-state index contributed by atoms with van der Waals surface area (Å²) in [7, 11) is 0. The van der Waals surface area contributed by atoms with Gasteiger partial charge >= 0.3 is 0 Å². The fourth-order valence-electron chi connectivity index (χ4n) is 3.45. The van der Waals surface area contributed by atoms with Gasteiger partial charge in [0.2, 0.25) is 11.7 Å². The SMILES string of the molecule is c1ccc(COc2nn3c(-c4cc(-c5ccccn5)on4)nnc3c3ccccc23)nc1. The molecule has 9 heteroatoms. The van der Waals surface area contributed by atoms with Gasteiger partial charge < -0.3 is 9.26 Å². The smallest absolute Gasteiger partial charge is 0.240 e. The maximum Gasteiger partial charge on any atom is 0.240 e. The second-order valence-corrected chi connectivity index (χ2v) is 7.01. The molecule has 0 N–H and O–H groups in total. The summed E-state index contributed by atoms with van der Waals surface area (Å²) in [5.41, 5.74) is 2.58. The molecule has 5 heterocycles. The van der Waals surface area contributed by atoms with E-state index in [1.807, 2.05) is 60.7 Å². The Morgan fingerprint density at radius 1 is 0.812 bits per heavy atom. The van der Waals surface area contributed by atoms with Crippen LogP contribution < -0.4 is 4.74 Å². The molecule has 0 fully saturated rings. The van der Waals surface area contributed by atoms with Gasteiger partial charge in [0.1, 0.15) is 12.3 Å². The first kappa shape index (κ1) is 18.1. The van der Waals surface area contributed by atoms with Crippen LogP contribution in [0.4, 0.5) is 0 Å². The van der Waals surface area contributed by atoms with Crippen LogP contribution in [-0.4, -0.2) is 34.9 Å². The van der Waals surface area contributed by atoms with Crippen molar-refractivity contribution in [2.24, 2.45) is 0 Å². The summed E-state index contributed by atoms with van der Waals surface area (Å²) in [4.78, 5) is 8.61. The standard InChI is InChI=1S/C23H15N7O2/c1-2-9-17-16(8-1)21-26-27-22(19-13-20(32-29-19)18-10-4-6-12-25-18)30(21)28-23(17)31-14-15-7-3-5-11-24-15/h1-13H,14H2. The van der Waals surface area contributed by atoms with Crippen LogP contribution in [-0.2, 0) is 6.61 Å². The van der Waals surface area contributed by atoms with Crippen LogP contribution in [0.3, 0.4) is 0 Å². The van der Waals surface area contributed by atoms with Crippen LogP contribution in [0.2, 0.25) is 0 Å². The van der Waals surface area contributed by atoms with E-state index in [4.69, 9.17) is 9.26 Å². The Bertz CT molecular complexity index is 1530. The number of hydrogen-bond acceptors (Lipinski definition) is 8. The number of benzene rings is 1. The second-order valence-electron chi connectivity index (χ2n) is 7.01. The zero-order valence-corrected chi connectivity index (χ0v) is 16.7. The van der Waals surface area contributed by atoms with E-state index in [1.54, 1.807) is 23.0 Å². The topological polar surface area (TPSA) is 104 Å². The Balaban J connectivity index is 1.45.